The third-order valence-corrected chi connectivity index (χ3v) is 2.51. The Morgan fingerprint density at radius 3 is 3.07 bits per heavy atom. The predicted octanol–water partition coefficient (Wildman–Crippen LogP) is 3.36. The van der Waals surface area contributed by atoms with Crippen molar-refractivity contribution in [3.05, 3.63) is 36.0 Å². The molecule has 1 N–H and O–H groups in total. The summed E-state index contributed by atoms with van der Waals surface area (Å²) in [5.74, 6) is 0. The molecule has 1 heterocycles. The largest absolute Gasteiger partial charge is 0.277 e. The second-order valence-corrected chi connectivity index (χ2v) is 3.83. The summed E-state index contributed by atoms with van der Waals surface area (Å²) < 4.78 is 0. The number of fused-ring (bicyclic) bond motifs is 1. The quantitative estimate of drug-likeness (QED) is 0.832. The second kappa shape index (κ2) is 4.42. The third kappa shape index (κ3) is 1.87. The molecule has 0 aliphatic heterocycles. The first-order chi connectivity index (χ1) is 6.92. The summed E-state index contributed by atoms with van der Waals surface area (Å²) in [7, 11) is 0. The van der Waals surface area contributed by atoms with E-state index in [1.807, 2.05) is 18.2 Å². The van der Waals surface area contributed by atoms with Gasteiger partial charge in [-0.1, -0.05) is 40.2 Å². The molecule has 0 saturated carbocycles. The Hall–Kier alpha value is -1.09. The minimum Gasteiger partial charge on any atom is -0.277 e. The van der Waals surface area contributed by atoms with Crippen LogP contribution >= 0.6 is 15.9 Å². The molecule has 0 aliphatic rings. The lowest BCUT2D eigenvalue weighted by atomic mass is 10.2. The zero-order valence-corrected chi connectivity index (χ0v) is 9.29. The van der Waals surface area contributed by atoms with Crippen molar-refractivity contribution in [2.24, 2.45) is 0 Å². The predicted molar refractivity (Wildman–Crippen MR) is 63.5 cm³/mol. The van der Waals surface area contributed by atoms with Gasteiger partial charge < -0.3 is 0 Å². The summed E-state index contributed by atoms with van der Waals surface area (Å²) in [6.07, 6.45) is 5.25. The Bertz CT molecular complexity index is 445. The molecule has 0 bridgehead atoms. The highest BCUT2D eigenvalue weighted by atomic mass is 79.9. The second-order valence-electron chi connectivity index (χ2n) is 3.03. The van der Waals surface area contributed by atoms with Crippen LogP contribution in [0.3, 0.4) is 0 Å². The molecule has 0 spiro atoms. The SMILES string of the molecule is BrCCC=Cc1[nH]nc2ccccc12. The average molecular weight is 251 g/mol. The number of benzene rings is 1. The van der Waals surface area contributed by atoms with E-state index in [4.69, 9.17) is 0 Å². The zero-order valence-electron chi connectivity index (χ0n) is 7.70. The number of rotatable bonds is 3. The summed E-state index contributed by atoms with van der Waals surface area (Å²) >= 11 is 3.39. The van der Waals surface area contributed by atoms with Gasteiger partial charge >= 0.3 is 0 Å². The van der Waals surface area contributed by atoms with Gasteiger partial charge in [-0.25, -0.2) is 0 Å². The van der Waals surface area contributed by atoms with Crippen molar-refractivity contribution in [3.63, 3.8) is 0 Å². The number of aromatic amines is 1. The summed E-state index contributed by atoms with van der Waals surface area (Å²) in [5, 5.41) is 9.40. The number of allylic oxidation sites excluding steroid dienone is 1. The van der Waals surface area contributed by atoms with E-state index >= 15 is 0 Å². The summed E-state index contributed by atoms with van der Waals surface area (Å²) in [5.41, 5.74) is 2.10. The Balaban J connectivity index is 2.34. The summed E-state index contributed by atoms with van der Waals surface area (Å²) in [4.78, 5) is 0. The highest BCUT2D eigenvalue weighted by Crippen LogP contribution is 2.16. The molecule has 1 aromatic heterocycles. The molecule has 2 aromatic rings. The van der Waals surface area contributed by atoms with Crippen molar-refractivity contribution in [2.45, 2.75) is 6.42 Å². The van der Waals surface area contributed by atoms with Crippen molar-refractivity contribution in [2.75, 3.05) is 5.33 Å². The van der Waals surface area contributed by atoms with Gasteiger partial charge in [-0.2, -0.15) is 5.10 Å². The lowest BCUT2D eigenvalue weighted by Gasteiger charge is -1.88. The van der Waals surface area contributed by atoms with Crippen LogP contribution in [0.25, 0.3) is 17.0 Å². The van der Waals surface area contributed by atoms with E-state index in [9.17, 15) is 0 Å². The van der Waals surface area contributed by atoms with Crippen LogP contribution in [0.15, 0.2) is 30.3 Å². The van der Waals surface area contributed by atoms with Gasteiger partial charge in [0.2, 0.25) is 0 Å². The van der Waals surface area contributed by atoms with Crippen LogP contribution in [0, 0.1) is 0 Å². The van der Waals surface area contributed by atoms with Crippen LogP contribution in [-0.4, -0.2) is 15.5 Å². The monoisotopic (exact) mass is 250 g/mol. The van der Waals surface area contributed by atoms with E-state index in [0.717, 1.165) is 23.0 Å². The van der Waals surface area contributed by atoms with E-state index in [1.165, 1.54) is 5.39 Å². The van der Waals surface area contributed by atoms with E-state index in [1.54, 1.807) is 0 Å². The Morgan fingerprint density at radius 2 is 2.21 bits per heavy atom. The minimum absolute atomic E-state index is 0.996. The van der Waals surface area contributed by atoms with Crippen molar-refractivity contribution in [1.29, 1.82) is 0 Å². The van der Waals surface area contributed by atoms with Crippen LogP contribution in [0.5, 0.6) is 0 Å². The molecular weight excluding hydrogens is 240 g/mol. The van der Waals surface area contributed by atoms with Gasteiger partial charge in [0.25, 0.3) is 0 Å². The number of halogens is 1. The van der Waals surface area contributed by atoms with Crippen molar-refractivity contribution in [3.8, 4) is 0 Å². The molecule has 0 aliphatic carbocycles. The Morgan fingerprint density at radius 1 is 1.36 bits per heavy atom. The normalized spacial score (nSPS) is 11.5. The molecule has 0 fully saturated rings. The van der Waals surface area contributed by atoms with Crippen LogP contribution in [0.2, 0.25) is 0 Å². The smallest absolute Gasteiger partial charge is 0.0927 e. The molecule has 0 radical (unpaired) electrons. The Labute approximate surface area is 91.1 Å². The van der Waals surface area contributed by atoms with Crippen LogP contribution < -0.4 is 0 Å². The number of H-pyrrole nitrogens is 1. The third-order valence-electron chi connectivity index (χ3n) is 2.05. The lowest BCUT2D eigenvalue weighted by Crippen LogP contribution is -1.72. The van der Waals surface area contributed by atoms with Gasteiger partial charge in [0, 0.05) is 10.7 Å². The molecule has 0 atom stereocenters. The first-order valence-electron chi connectivity index (χ1n) is 4.57. The highest BCUT2D eigenvalue weighted by molar-refractivity contribution is 9.09. The number of para-hydroxylation sites is 1. The minimum atomic E-state index is 0.996. The average Bonchev–Trinajstić information content (AvgIpc) is 2.63. The van der Waals surface area contributed by atoms with E-state index in [-0.39, 0.29) is 0 Å². The fourth-order valence-electron chi connectivity index (χ4n) is 1.37. The van der Waals surface area contributed by atoms with Gasteiger partial charge in [0.15, 0.2) is 0 Å². The number of hydrogen-bond acceptors (Lipinski definition) is 1. The maximum atomic E-state index is 4.21. The molecule has 0 saturated heterocycles. The van der Waals surface area contributed by atoms with Gasteiger partial charge in [0.1, 0.15) is 0 Å². The Kier molecular flexibility index (Phi) is 2.99. The van der Waals surface area contributed by atoms with Crippen LogP contribution in [0.4, 0.5) is 0 Å². The molecule has 72 valence electrons. The molecular formula is C11H11BrN2. The standard InChI is InChI=1S/C11H11BrN2/c12-8-4-3-7-11-9-5-1-2-6-10(9)13-14-11/h1-3,5-7H,4,8H2,(H,13,14). The number of nitrogens with one attached hydrogen (secondary N) is 1. The van der Waals surface area contributed by atoms with Crippen molar-refractivity contribution in [1.82, 2.24) is 10.2 Å². The van der Waals surface area contributed by atoms with E-state index < -0.39 is 0 Å². The first kappa shape index (κ1) is 9.46. The summed E-state index contributed by atoms with van der Waals surface area (Å²) in [6, 6.07) is 8.11. The molecule has 2 nitrogen and oxygen atoms in total. The molecule has 14 heavy (non-hydrogen) atoms. The fourth-order valence-corrected chi connectivity index (χ4v) is 1.64. The molecule has 0 amide bonds. The van der Waals surface area contributed by atoms with Gasteiger partial charge in [-0.05, 0) is 18.6 Å². The zero-order chi connectivity index (χ0) is 9.80. The maximum Gasteiger partial charge on any atom is 0.0927 e. The first-order valence-corrected chi connectivity index (χ1v) is 5.69. The maximum absolute atomic E-state index is 4.21. The molecule has 2 rings (SSSR count). The van der Waals surface area contributed by atoms with E-state index in [2.05, 4.69) is 44.3 Å². The summed E-state index contributed by atoms with van der Waals surface area (Å²) in [6.45, 7) is 0. The number of nitrogens with zero attached hydrogens (tertiary/aromatic N) is 1. The van der Waals surface area contributed by atoms with Gasteiger partial charge in [-0.3, -0.25) is 5.10 Å². The fraction of sp³-hybridized carbons (Fsp3) is 0.182. The van der Waals surface area contributed by atoms with Crippen LogP contribution in [0.1, 0.15) is 12.1 Å². The van der Waals surface area contributed by atoms with Gasteiger partial charge in [-0.15, -0.1) is 0 Å². The van der Waals surface area contributed by atoms with Crippen LogP contribution in [-0.2, 0) is 0 Å². The van der Waals surface area contributed by atoms with E-state index in [0.29, 0.717) is 0 Å². The van der Waals surface area contributed by atoms with Crippen molar-refractivity contribution >= 4 is 32.9 Å². The molecule has 3 heteroatoms. The highest BCUT2D eigenvalue weighted by Gasteiger charge is 1.99. The molecule has 0 unspecified atom stereocenters. The molecule has 1 aromatic carbocycles. The topological polar surface area (TPSA) is 28.7 Å². The number of aromatic nitrogens is 2. The van der Waals surface area contributed by atoms with Gasteiger partial charge in [0.05, 0.1) is 11.2 Å². The number of alkyl halides is 1. The lowest BCUT2D eigenvalue weighted by molar-refractivity contribution is 1.10. The number of hydrogen-bond donors (Lipinski definition) is 1. The van der Waals surface area contributed by atoms with Crippen molar-refractivity contribution < 1.29 is 0 Å².